The second-order valence-corrected chi connectivity index (χ2v) is 1.68. The number of nitrogen functional groups attached to an aromatic ring is 1. The molecule has 0 aliphatic heterocycles. The zero-order valence-corrected chi connectivity index (χ0v) is 5.29. The topological polar surface area (TPSA) is 81.5 Å². The van der Waals surface area contributed by atoms with Crippen LogP contribution in [0.1, 0.15) is 5.69 Å². The molecule has 0 saturated carbocycles. The van der Waals surface area contributed by atoms with Crippen molar-refractivity contribution in [3.05, 3.63) is 5.69 Å². The maximum Gasteiger partial charge on any atom is 0.249 e. The van der Waals surface area contributed by atoms with Crippen molar-refractivity contribution in [1.82, 2.24) is 5.16 Å². The average Bonchev–Trinajstić information content (AvgIpc) is 2.20. The highest BCUT2D eigenvalue weighted by atomic mass is 16.5. The Labute approximate surface area is 56.5 Å². The predicted octanol–water partition coefficient (Wildman–Crippen LogP) is 0.533. The van der Waals surface area contributed by atoms with Gasteiger partial charge in [-0.05, 0) is 6.92 Å². The van der Waals surface area contributed by atoms with Gasteiger partial charge >= 0.3 is 0 Å². The van der Waals surface area contributed by atoms with Crippen molar-refractivity contribution >= 4 is 17.7 Å². The maximum atomic E-state index is 9.76. The normalized spacial score (nSPS) is 8.90. The second kappa shape index (κ2) is 2.33. The molecule has 0 amide bonds. The summed E-state index contributed by atoms with van der Waals surface area (Å²) >= 11 is 0. The fourth-order valence-corrected chi connectivity index (χ4v) is 0.564. The van der Waals surface area contributed by atoms with Crippen LogP contribution in [0.4, 0.5) is 11.6 Å². The van der Waals surface area contributed by atoms with Crippen LogP contribution in [0.3, 0.4) is 0 Å². The number of hydrogen-bond donors (Lipinski definition) is 1. The van der Waals surface area contributed by atoms with Crippen molar-refractivity contribution in [1.29, 1.82) is 0 Å². The quantitative estimate of drug-likeness (QED) is 0.454. The lowest BCUT2D eigenvalue weighted by Gasteiger charge is -1.81. The molecule has 0 fully saturated rings. The molecule has 1 aromatic heterocycles. The van der Waals surface area contributed by atoms with Gasteiger partial charge in [-0.3, -0.25) is 0 Å². The van der Waals surface area contributed by atoms with Crippen molar-refractivity contribution in [3.63, 3.8) is 0 Å². The van der Waals surface area contributed by atoms with E-state index in [4.69, 9.17) is 5.73 Å². The van der Waals surface area contributed by atoms with Crippen LogP contribution in [0, 0.1) is 6.92 Å². The van der Waals surface area contributed by atoms with Gasteiger partial charge in [-0.1, -0.05) is 5.16 Å². The molecule has 0 unspecified atom stereocenters. The first-order chi connectivity index (χ1) is 4.75. The van der Waals surface area contributed by atoms with E-state index in [0.717, 1.165) is 0 Å². The molecule has 0 bridgehead atoms. The van der Waals surface area contributed by atoms with Gasteiger partial charge in [-0.15, -0.1) is 0 Å². The molecule has 0 atom stereocenters. The Morgan fingerprint density at radius 1 is 1.80 bits per heavy atom. The zero-order valence-electron chi connectivity index (χ0n) is 5.29. The first kappa shape index (κ1) is 6.51. The summed E-state index contributed by atoms with van der Waals surface area (Å²) in [5, 5.41) is 3.46. The van der Waals surface area contributed by atoms with Gasteiger partial charge in [0, 0.05) is 0 Å². The molecule has 5 nitrogen and oxygen atoms in total. The Morgan fingerprint density at radius 2 is 2.50 bits per heavy atom. The van der Waals surface area contributed by atoms with Gasteiger partial charge < -0.3 is 10.3 Å². The molecule has 1 rings (SSSR count). The van der Waals surface area contributed by atoms with Gasteiger partial charge in [0.15, 0.2) is 5.69 Å². The number of rotatable bonds is 1. The van der Waals surface area contributed by atoms with Crippen LogP contribution in [-0.2, 0) is 4.79 Å². The number of anilines is 1. The van der Waals surface area contributed by atoms with Crippen LogP contribution in [0.2, 0.25) is 0 Å². The third-order valence-corrected chi connectivity index (χ3v) is 1.01. The largest absolute Gasteiger partial charge is 0.366 e. The molecule has 1 aromatic rings. The molecular formula is C5H5N3O2. The van der Waals surface area contributed by atoms with E-state index in [0.29, 0.717) is 5.69 Å². The zero-order chi connectivity index (χ0) is 7.56. The van der Waals surface area contributed by atoms with Crippen LogP contribution < -0.4 is 5.73 Å². The summed E-state index contributed by atoms with van der Waals surface area (Å²) in [6.07, 6.45) is 1.35. The summed E-state index contributed by atoms with van der Waals surface area (Å²) < 4.78 is 4.50. The van der Waals surface area contributed by atoms with E-state index >= 15 is 0 Å². The number of nitrogens with zero attached hydrogens (tertiary/aromatic N) is 2. The Morgan fingerprint density at radius 3 is 2.90 bits per heavy atom. The number of aryl methyl sites for hydroxylation is 1. The Kier molecular flexibility index (Phi) is 1.51. The number of aliphatic imine (C=N–C) groups is 1. The van der Waals surface area contributed by atoms with Crippen molar-refractivity contribution in [2.45, 2.75) is 6.92 Å². The van der Waals surface area contributed by atoms with Crippen molar-refractivity contribution in [2.75, 3.05) is 5.73 Å². The number of nitrogens with two attached hydrogens (primary N) is 1. The van der Waals surface area contributed by atoms with Crippen LogP contribution >= 0.6 is 0 Å². The molecule has 0 aromatic carbocycles. The fourth-order valence-electron chi connectivity index (χ4n) is 0.564. The molecule has 0 aliphatic rings. The highest BCUT2D eigenvalue weighted by Crippen LogP contribution is 2.24. The maximum absolute atomic E-state index is 9.76. The lowest BCUT2D eigenvalue weighted by molar-refractivity contribution is 0.431. The van der Waals surface area contributed by atoms with Gasteiger partial charge in [-0.25, -0.2) is 4.79 Å². The van der Waals surface area contributed by atoms with E-state index in [1.807, 2.05) is 0 Å². The van der Waals surface area contributed by atoms with Crippen molar-refractivity contribution in [2.24, 2.45) is 4.99 Å². The number of isocyanates is 1. The van der Waals surface area contributed by atoms with Gasteiger partial charge in [0.2, 0.25) is 12.0 Å². The first-order valence-corrected chi connectivity index (χ1v) is 2.55. The van der Waals surface area contributed by atoms with Crippen LogP contribution in [-0.4, -0.2) is 11.2 Å². The Balaban J connectivity index is 3.22. The summed E-state index contributed by atoms with van der Waals surface area (Å²) in [5.41, 5.74) is 5.97. The summed E-state index contributed by atoms with van der Waals surface area (Å²) in [5.74, 6) is 0.0425. The number of aromatic nitrogens is 1. The van der Waals surface area contributed by atoms with Crippen LogP contribution in [0.25, 0.3) is 0 Å². The molecular weight excluding hydrogens is 134 g/mol. The number of carbonyl (C=O) groups excluding carboxylic acids is 1. The summed E-state index contributed by atoms with van der Waals surface area (Å²) in [6, 6.07) is 0. The molecule has 0 saturated heterocycles. The third kappa shape index (κ3) is 0.897. The predicted molar refractivity (Wildman–Crippen MR) is 33.4 cm³/mol. The highest BCUT2D eigenvalue weighted by Gasteiger charge is 2.06. The Hall–Kier alpha value is -1.61. The van der Waals surface area contributed by atoms with Gasteiger partial charge in [0.25, 0.3) is 0 Å². The van der Waals surface area contributed by atoms with Gasteiger partial charge in [0.1, 0.15) is 5.69 Å². The minimum atomic E-state index is 0.0425. The molecule has 1 heterocycles. The molecule has 10 heavy (non-hydrogen) atoms. The third-order valence-electron chi connectivity index (χ3n) is 1.01. The van der Waals surface area contributed by atoms with Crippen LogP contribution in [0.15, 0.2) is 9.52 Å². The summed E-state index contributed by atoms with van der Waals surface area (Å²) in [7, 11) is 0. The highest BCUT2D eigenvalue weighted by molar-refractivity contribution is 5.62. The van der Waals surface area contributed by atoms with E-state index in [2.05, 4.69) is 14.7 Å². The molecule has 2 N–H and O–H groups in total. The molecule has 0 spiro atoms. The number of hydrogen-bond acceptors (Lipinski definition) is 5. The lowest BCUT2D eigenvalue weighted by Crippen LogP contribution is -1.79. The Bertz CT molecular complexity index is 266. The SMILES string of the molecule is Cc1noc(N)c1N=C=O. The molecule has 5 heteroatoms. The lowest BCUT2D eigenvalue weighted by atomic mass is 10.4. The molecule has 0 aliphatic carbocycles. The minimum Gasteiger partial charge on any atom is -0.366 e. The van der Waals surface area contributed by atoms with Gasteiger partial charge in [-0.2, -0.15) is 4.99 Å². The molecule has 52 valence electrons. The average molecular weight is 139 g/mol. The van der Waals surface area contributed by atoms with E-state index in [1.165, 1.54) is 6.08 Å². The van der Waals surface area contributed by atoms with E-state index in [-0.39, 0.29) is 11.6 Å². The van der Waals surface area contributed by atoms with E-state index < -0.39 is 0 Å². The van der Waals surface area contributed by atoms with Crippen molar-refractivity contribution < 1.29 is 9.32 Å². The summed E-state index contributed by atoms with van der Waals surface area (Å²) in [6.45, 7) is 1.63. The standard InChI is InChI=1S/C5H5N3O2/c1-3-4(7-2-9)5(6)10-8-3/h6H2,1H3. The smallest absolute Gasteiger partial charge is 0.249 e. The summed E-state index contributed by atoms with van der Waals surface area (Å²) in [4.78, 5) is 13.0. The van der Waals surface area contributed by atoms with Crippen LogP contribution in [0.5, 0.6) is 0 Å². The molecule has 0 radical (unpaired) electrons. The first-order valence-electron chi connectivity index (χ1n) is 2.55. The van der Waals surface area contributed by atoms with E-state index in [9.17, 15) is 4.79 Å². The van der Waals surface area contributed by atoms with Crippen molar-refractivity contribution in [3.8, 4) is 0 Å². The second-order valence-electron chi connectivity index (χ2n) is 1.68. The minimum absolute atomic E-state index is 0.0425. The fraction of sp³-hybridized carbons (Fsp3) is 0.200. The van der Waals surface area contributed by atoms with Gasteiger partial charge in [0.05, 0.1) is 0 Å². The van der Waals surface area contributed by atoms with E-state index in [1.54, 1.807) is 6.92 Å². The monoisotopic (exact) mass is 139 g/mol.